The van der Waals surface area contributed by atoms with Crippen LogP contribution in [0, 0.1) is 5.92 Å². The molecule has 0 aromatic carbocycles. The molecule has 0 aliphatic carbocycles. The second-order valence-corrected chi connectivity index (χ2v) is 5.27. The van der Waals surface area contributed by atoms with E-state index < -0.39 is 0 Å². The summed E-state index contributed by atoms with van der Waals surface area (Å²) in [5.41, 5.74) is 1.21. The summed E-state index contributed by atoms with van der Waals surface area (Å²) in [5.74, 6) is 1.30. The number of nitrogens with zero attached hydrogens (tertiary/aromatic N) is 2. The van der Waals surface area contributed by atoms with Crippen LogP contribution < -0.4 is 0 Å². The van der Waals surface area contributed by atoms with E-state index in [1.54, 1.807) is 6.20 Å². The fourth-order valence-corrected chi connectivity index (χ4v) is 2.41. The number of hydrogen-bond donors (Lipinski definition) is 1. The van der Waals surface area contributed by atoms with Crippen LogP contribution in [0.15, 0.2) is 12.3 Å². The zero-order valence-corrected chi connectivity index (χ0v) is 10.6. The van der Waals surface area contributed by atoms with E-state index >= 15 is 0 Å². The molecule has 1 aliphatic rings. The molecule has 1 aromatic heterocycles. The maximum atomic E-state index is 11.9. The molecular formula is C13H21N3O. The first-order valence-corrected chi connectivity index (χ1v) is 6.44. The zero-order chi connectivity index (χ0) is 12.3. The maximum absolute atomic E-state index is 11.9. The molecule has 2 heterocycles. The average molecular weight is 235 g/mol. The second-order valence-electron chi connectivity index (χ2n) is 5.27. The molecule has 1 aromatic rings. The Morgan fingerprint density at radius 1 is 1.53 bits per heavy atom. The number of aromatic nitrogens is 2. The fraction of sp³-hybridized carbons (Fsp3) is 0.692. The van der Waals surface area contributed by atoms with Gasteiger partial charge in [0.15, 0.2) is 0 Å². The molecule has 1 amide bonds. The summed E-state index contributed by atoms with van der Waals surface area (Å²) in [7, 11) is 0. The van der Waals surface area contributed by atoms with E-state index in [0.29, 0.717) is 24.2 Å². The first kappa shape index (κ1) is 12.1. The van der Waals surface area contributed by atoms with Gasteiger partial charge in [0, 0.05) is 37.3 Å². The van der Waals surface area contributed by atoms with Crippen LogP contribution in [-0.4, -0.2) is 34.1 Å². The molecule has 1 N–H and O–H groups in total. The van der Waals surface area contributed by atoms with E-state index in [1.165, 1.54) is 5.69 Å². The molecule has 17 heavy (non-hydrogen) atoms. The molecule has 1 aliphatic heterocycles. The number of rotatable bonds is 3. The lowest BCUT2D eigenvalue weighted by atomic mass is 9.93. The van der Waals surface area contributed by atoms with Crippen molar-refractivity contribution in [2.45, 2.75) is 39.0 Å². The molecule has 0 saturated carbocycles. The van der Waals surface area contributed by atoms with Gasteiger partial charge in [0.25, 0.3) is 0 Å². The Hall–Kier alpha value is -1.32. The van der Waals surface area contributed by atoms with Crippen molar-refractivity contribution in [1.29, 1.82) is 0 Å². The Labute approximate surface area is 102 Å². The molecule has 0 bridgehead atoms. The van der Waals surface area contributed by atoms with Crippen molar-refractivity contribution in [2.75, 3.05) is 13.1 Å². The van der Waals surface area contributed by atoms with Crippen molar-refractivity contribution in [3.8, 4) is 0 Å². The van der Waals surface area contributed by atoms with Gasteiger partial charge in [0.05, 0.1) is 0 Å². The van der Waals surface area contributed by atoms with E-state index in [4.69, 9.17) is 0 Å². The molecule has 4 nitrogen and oxygen atoms in total. The molecule has 1 saturated heterocycles. The predicted molar refractivity (Wildman–Crippen MR) is 66.6 cm³/mol. The number of piperidine rings is 1. The third kappa shape index (κ3) is 3.08. The highest BCUT2D eigenvalue weighted by Gasteiger charge is 2.24. The van der Waals surface area contributed by atoms with Crippen LogP contribution in [0.2, 0.25) is 0 Å². The third-order valence-electron chi connectivity index (χ3n) is 3.39. The van der Waals surface area contributed by atoms with Gasteiger partial charge in [-0.3, -0.25) is 9.89 Å². The summed E-state index contributed by atoms with van der Waals surface area (Å²) >= 11 is 0. The maximum Gasteiger partial charge on any atom is 0.222 e. The monoisotopic (exact) mass is 235 g/mol. The number of amides is 1. The number of carbonyl (C=O) groups is 1. The summed E-state index contributed by atoms with van der Waals surface area (Å²) in [6.45, 7) is 5.95. The van der Waals surface area contributed by atoms with Crippen molar-refractivity contribution in [2.24, 2.45) is 5.92 Å². The van der Waals surface area contributed by atoms with Gasteiger partial charge in [-0.1, -0.05) is 13.8 Å². The van der Waals surface area contributed by atoms with Crippen LogP contribution in [-0.2, 0) is 4.79 Å². The fourth-order valence-electron chi connectivity index (χ4n) is 2.41. The summed E-state index contributed by atoms with van der Waals surface area (Å²) in [6.07, 6.45) is 4.57. The normalized spacial score (nSPS) is 17.7. The number of hydrogen-bond acceptors (Lipinski definition) is 2. The van der Waals surface area contributed by atoms with Crippen molar-refractivity contribution >= 4 is 5.91 Å². The Bertz CT molecular complexity index is 351. The predicted octanol–water partition coefficient (Wildman–Crippen LogP) is 2.16. The van der Waals surface area contributed by atoms with Crippen molar-refractivity contribution in [3.63, 3.8) is 0 Å². The van der Waals surface area contributed by atoms with E-state index in [9.17, 15) is 4.79 Å². The molecule has 0 radical (unpaired) electrons. The highest BCUT2D eigenvalue weighted by atomic mass is 16.2. The van der Waals surface area contributed by atoms with Crippen LogP contribution in [0.1, 0.15) is 44.7 Å². The van der Waals surface area contributed by atoms with Crippen molar-refractivity contribution < 1.29 is 4.79 Å². The SMILES string of the molecule is CC(C)CC(=O)N1CCC(c2ccn[nH]2)CC1. The molecule has 2 rings (SSSR count). The number of carbonyl (C=O) groups excluding carboxylic acids is 1. The Balaban J connectivity index is 1.84. The minimum absolute atomic E-state index is 0.308. The quantitative estimate of drug-likeness (QED) is 0.872. The first-order chi connectivity index (χ1) is 8.16. The summed E-state index contributed by atoms with van der Waals surface area (Å²) in [5, 5.41) is 7.02. The second kappa shape index (κ2) is 5.34. The van der Waals surface area contributed by atoms with Crippen molar-refractivity contribution in [3.05, 3.63) is 18.0 Å². The molecule has 0 atom stereocenters. The van der Waals surface area contributed by atoms with E-state index in [-0.39, 0.29) is 0 Å². The highest BCUT2D eigenvalue weighted by molar-refractivity contribution is 5.76. The van der Waals surface area contributed by atoms with Crippen LogP contribution in [0.25, 0.3) is 0 Å². The van der Waals surface area contributed by atoms with Gasteiger partial charge in [-0.05, 0) is 24.8 Å². The Morgan fingerprint density at radius 2 is 2.24 bits per heavy atom. The standard InChI is InChI=1S/C13H21N3O/c1-10(2)9-13(17)16-7-4-11(5-8-16)12-3-6-14-15-12/h3,6,10-11H,4-5,7-9H2,1-2H3,(H,14,15). The van der Waals surface area contributed by atoms with E-state index in [1.807, 2.05) is 11.0 Å². The Morgan fingerprint density at radius 3 is 2.76 bits per heavy atom. The molecule has 94 valence electrons. The number of H-pyrrole nitrogens is 1. The number of likely N-dealkylation sites (tertiary alicyclic amines) is 1. The van der Waals surface area contributed by atoms with Crippen LogP contribution in [0.5, 0.6) is 0 Å². The van der Waals surface area contributed by atoms with Gasteiger partial charge < -0.3 is 4.90 Å². The largest absolute Gasteiger partial charge is 0.343 e. The van der Waals surface area contributed by atoms with Gasteiger partial charge in [-0.25, -0.2) is 0 Å². The minimum atomic E-state index is 0.308. The summed E-state index contributed by atoms with van der Waals surface area (Å²) in [4.78, 5) is 13.9. The van der Waals surface area contributed by atoms with Crippen LogP contribution in [0.4, 0.5) is 0 Å². The smallest absolute Gasteiger partial charge is 0.222 e. The van der Waals surface area contributed by atoms with Gasteiger partial charge in [-0.15, -0.1) is 0 Å². The zero-order valence-electron chi connectivity index (χ0n) is 10.6. The van der Waals surface area contributed by atoms with Gasteiger partial charge >= 0.3 is 0 Å². The molecular weight excluding hydrogens is 214 g/mol. The van der Waals surface area contributed by atoms with Gasteiger partial charge in [-0.2, -0.15) is 5.10 Å². The van der Waals surface area contributed by atoms with Crippen molar-refractivity contribution in [1.82, 2.24) is 15.1 Å². The average Bonchev–Trinajstić information content (AvgIpc) is 2.82. The van der Waals surface area contributed by atoms with E-state index in [2.05, 4.69) is 24.0 Å². The van der Waals surface area contributed by atoms with Crippen LogP contribution in [0.3, 0.4) is 0 Å². The lowest BCUT2D eigenvalue weighted by Gasteiger charge is -2.32. The lowest BCUT2D eigenvalue weighted by molar-refractivity contribution is -0.133. The summed E-state index contributed by atoms with van der Waals surface area (Å²) in [6, 6.07) is 2.04. The number of aromatic amines is 1. The molecule has 4 heteroatoms. The summed E-state index contributed by atoms with van der Waals surface area (Å²) < 4.78 is 0. The van der Waals surface area contributed by atoms with E-state index in [0.717, 1.165) is 25.9 Å². The molecule has 0 spiro atoms. The van der Waals surface area contributed by atoms with Crippen LogP contribution >= 0.6 is 0 Å². The minimum Gasteiger partial charge on any atom is -0.343 e. The lowest BCUT2D eigenvalue weighted by Crippen LogP contribution is -2.38. The third-order valence-corrected chi connectivity index (χ3v) is 3.39. The topological polar surface area (TPSA) is 49.0 Å². The van der Waals surface area contributed by atoms with Gasteiger partial charge in [0.2, 0.25) is 5.91 Å². The Kier molecular flexibility index (Phi) is 3.82. The van der Waals surface area contributed by atoms with Gasteiger partial charge in [0.1, 0.15) is 0 Å². The highest BCUT2D eigenvalue weighted by Crippen LogP contribution is 2.26. The molecule has 0 unspecified atom stereocenters. The number of nitrogens with one attached hydrogen (secondary N) is 1. The first-order valence-electron chi connectivity index (χ1n) is 6.44. The molecule has 1 fully saturated rings.